The van der Waals surface area contributed by atoms with Crippen molar-refractivity contribution in [2.45, 2.75) is 29.9 Å². The maximum absolute atomic E-state index is 12.3. The van der Waals surface area contributed by atoms with E-state index in [1.54, 1.807) is 0 Å². The minimum absolute atomic E-state index is 0.199. The van der Waals surface area contributed by atoms with Gasteiger partial charge in [0, 0.05) is 17.4 Å². The van der Waals surface area contributed by atoms with Crippen LogP contribution in [-0.4, -0.2) is 25.4 Å². The highest BCUT2D eigenvalue weighted by molar-refractivity contribution is 9.09. The van der Waals surface area contributed by atoms with E-state index < -0.39 is 20.5 Å². The average molecular weight is 370 g/mol. The molecule has 1 aromatic carbocycles. The van der Waals surface area contributed by atoms with E-state index in [4.69, 9.17) is 0 Å². The van der Waals surface area contributed by atoms with E-state index in [0.717, 1.165) is 30.3 Å². The Balaban J connectivity index is 2.66. The summed E-state index contributed by atoms with van der Waals surface area (Å²) < 4.78 is 47.0. The van der Waals surface area contributed by atoms with Crippen LogP contribution in [0.5, 0.6) is 0 Å². The number of sulfone groups is 1. The molecule has 0 fully saturated rings. The van der Waals surface area contributed by atoms with Crippen molar-refractivity contribution < 1.29 is 22.0 Å². The van der Waals surface area contributed by atoms with E-state index in [1.165, 1.54) is 12.1 Å². The first-order chi connectivity index (χ1) is 9.37. The van der Waals surface area contributed by atoms with Crippen molar-refractivity contribution in [1.82, 2.24) is 0 Å². The Labute approximate surface area is 124 Å². The Hall–Kier alpha value is -1.02. The van der Waals surface area contributed by atoms with E-state index in [-0.39, 0.29) is 5.91 Å². The molecule has 0 spiro atoms. The summed E-state index contributed by atoms with van der Waals surface area (Å²) in [5.41, 5.74) is 0.377. The van der Waals surface area contributed by atoms with Crippen molar-refractivity contribution in [3.63, 3.8) is 0 Å². The van der Waals surface area contributed by atoms with Gasteiger partial charge in [0.15, 0.2) is 0 Å². The van der Waals surface area contributed by atoms with Crippen LogP contribution in [0.4, 0.5) is 14.5 Å². The summed E-state index contributed by atoms with van der Waals surface area (Å²) in [6, 6.07) is 4.68. The quantitative estimate of drug-likeness (QED) is 0.592. The molecule has 0 saturated carbocycles. The number of unbranched alkanes of at least 4 members (excludes halogenated alkanes) is 1. The molecule has 0 aliphatic carbocycles. The minimum atomic E-state index is -4.59. The molecule has 0 unspecified atom stereocenters. The molecule has 0 saturated heterocycles. The van der Waals surface area contributed by atoms with Gasteiger partial charge in [-0.05, 0) is 37.1 Å². The van der Waals surface area contributed by atoms with Gasteiger partial charge in [-0.25, -0.2) is 8.42 Å². The van der Waals surface area contributed by atoms with Crippen molar-refractivity contribution in [1.29, 1.82) is 0 Å². The molecule has 8 heteroatoms. The normalized spacial score (nSPS) is 11.6. The minimum Gasteiger partial charge on any atom is -0.326 e. The molecular weight excluding hydrogens is 356 g/mol. The van der Waals surface area contributed by atoms with Gasteiger partial charge in [0.2, 0.25) is 15.7 Å². The number of amides is 1. The lowest BCUT2D eigenvalue weighted by Crippen LogP contribution is -2.13. The first-order valence-electron chi connectivity index (χ1n) is 5.86. The second-order valence-electron chi connectivity index (χ2n) is 4.02. The van der Waals surface area contributed by atoms with Crippen LogP contribution in [0.1, 0.15) is 19.3 Å². The van der Waals surface area contributed by atoms with Gasteiger partial charge in [-0.3, -0.25) is 4.79 Å². The summed E-state index contributed by atoms with van der Waals surface area (Å²) in [6.07, 6.45) is 1.95. The fourth-order valence-corrected chi connectivity index (χ4v) is 2.55. The first kappa shape index (κ1) is 17.0. The number of anilines is 1. The Bertz CT molecular complexity index is 546. The van der Waals surface area contributed by atoms with E-state index in [9.17, 15) is 22.0 Å². The molecular formula is C12H14BrF2NO3S. The number of carbonyl (C=O) groups is 1. The summed E-state index contributed by atoms with van der Waals surface area (Å²) >= 11 is 3.25. The third kappa shape index (κ3) is 4.82. The van der Waals surface area contributed by atoms with Gasteiger partial charge >= 0.3 is 5.76 Å². The zero-order valence-electron chi connectivity index (χ0n) is 10.5. The van der Waals surface area contributed by atoms with Crippen LogP contribution in [0.25, 0.3) is 0 Å². The fourth-order valence-electron chi connectivity index (χ4n) is 1.43. The van der Waals surface area contributed by atoms with Gasteiger partial charge < -0.3 is 5.32 Å². The molecule has 1 amide bonds. The van der Waals surface area contributed by atoms with Crippen LogP contribution in [0, 0.1) is 0 Å². The molecule has 0 aromatic heterocycles. The number of carbonyl (C=O) groups excluding carboxylic acids is 1. The third-order valence-corrected chi connectivity index (χ3v) is 4.45. The van der Waals surface area contributed by atoms with Crippen molar-refractivity contribution in [3.05, 3.63) is 24.3 Å². The molecule has 0 atom stereocenters. The highest BCUT2D eigenvalue weighted by Gasteiger charge is 2.26. The number of nitrogens with one attached hydrogen (secondary N) is 1. The van der Waals surface area contributed by atoms with E-state index in [1.807, 2.05) is 0 Å². The highest BCUT2D eigenvalue weighted by Crippen LogP contribution is 2.20. The summed E-state index contributed by atoms with van der Waals surface area (Å²) in [5, 5.41) is 3.39. The molecule has 1 N–H and O–H groups in total. The van der Waals surface area contributed by atoms with Crippen LogP contribution in [-0.2, 0) is 14.6 Å². The molecule has 20 heavy (non-hydrogen) atoms. The average Bonchev–Trinajstić information content (AvgIpc) is 2.39. The predicted octanol–water partition coefficient (Wildman–Crippen LogP) is 3.19. The second kappa shape index (κ2) is 7.68. The molecule has 0 bridgehead atoms. The van der Waals surface area contributed by atoms with Crippen molar-refractivity contribution >= 4 is 37.4 Å². The van der Waals surface area contributed by atoms with Crippen LogP contribution >= 0.6 is 15.9 Å². The fraction of sp³-hybridized carbons (Fsp3) is 0.417. The molecule has 0 heterocycles. The Morgan fingerprint density at radius 2 is 1.80 bits per heavy atom. The predicted molar refractivity (Wildman–Crippen MR) is 75.9 cm³/mol. The monoisotopic (exact) mass is 369 g/mol. The SMILES string of the molecule is O=C(CCCCBr)Nc1ccc(S(=O)(=O)C(F)F)cc1. The van der Waals surface area contributed by atoms with Gasteiger partial charge in [0.05, 0.1) is 4.90 Å². The van der Waals surface area contributed by atoms with Crippen LogP contribution in [0.15, 0.2) is 29.2 Å². The number of benzene rings is 1. The lowest BCUT2D eigenvalue weighted by atomic mass is 10.2. The Kier molecular flexibility index (Phi) is 6.54. The summed E-state index contributed by atoms with van der Waals surface area (Å²) in [6.45, 7) is 0. The lowest BCUT2D eigenvalue weighted by Gasteiger charge is -2.07. The number of halogens is 3. The van der Waals surface area contributed by atoms with E-state index in [0.29, 0.717) is 12.1 Å². The molecule has 112 valence electrons. The number of hydrogen-bond donors (Lipinski definition) is 1. The van der Waals surface area contributed by atoms with Crippen molar-refractivity contribution in [3.8, 4) is 0 Å². The largest absolute Gasteiger partial charge is 0.341 e. The van der Waals surface area contributed by atoms with Crippen molar-refractivity contribution in [2.24, 2.45) is 0 Å². The zero-order chi connectivity index (χ0) is 15.2. The van der Waals surface area contributed by atoms with Crippen LogP contribution < -0.4 is 5.32 Å². The summed E-state index contributed by atoms with van der Waals surface area (Å²) in [5.74, 6) is -3.65. The zero-order valence-corrected chi connectivity index (χ0v) is 12.9. The van der Waals surface area contributed by atoms with Gasteiger partial charge in [-0.1, -0.05) is 15.9 Å². The van der Waals surface area contributed by atoms with Gasteiger partial charge in [0.25, 0.3) is 0 Å². The maximum Gasteiger partial charge on any atom is 0.341 e. The van der Waals surface area contributed by atoms with E-state index in [2.05, 4.69) is 21.2 Å². The lowest BCUT2D eigenvalue weighted by molar-refractivity contribution is -0.116. The van der Waals surface area contributed by atoms with Gasteiger partial charge in [-0.2, -0.15) is 8.78 Å². The summed E-state index contributed by atoms with van der Waals surface area (Å²) in [4.78, 5) is 11.0. The highest BCUT2D eigenvalue weighted by atomic mass is 79.9. The standard InChI is InChI=1S/C12H14BrF2NO3S/c13-8-2-1-3-11(17)16-9-4-6-10(7-5-9)20(18,19)12(14)15/h4-7,12H,1-3,8H2,(H,16,17). The summed E-state index contributed by atoms with van der Waals surface area (Å²) in [7, 11) is -4.59. The van der Waals surface area contributed by atoms with Crippen LogP contribution in [0.2, 0.25) is 0 Å². The molecule has 4 nitrogen and oxygen atoms in total. The van der Waals surface area contributed by atoms with Gasteiger partial charge in [-0.15, -0.1) is 0 Å². The number of alkyl halides is 3. The van der Waals surface area contributed by atoms with Crippen molar-refractivity contribution in [2.75, 3.05) is 10.6 Å². The number of hydrogen-bond acceptors (Lipinski definition) is 3. The van der Waals surface area contributed by atoms with Gasteiger partial charge in [0.1, 0.15) is 0 Å². The first-order valence-corrected chi connectivity index (χ1v) is 8.52. The number of rotatable bonds is 7. The third-order valence-electron chi connectivity index (χ3n) is 2.49. The molecule has 0 aliphatic heterocycles. The Morgan fingerprint density at radius 3 is 2.30 bits per heavy atom. The Morgan fingerprint density at radius 1 is 1.20 bits per heavy atom. The smallest absolute Gasteiger partial charge is 0.326 e. The molecule has 1 rings (SSSR count). The molecule has 0 aliphatic rings. The van der Waals surface area contributed by atoms with E-state index >= 15 is 0 Å². The topological polar surface area (TPSA) is 63.2 Å². The maximum atomic E-state index is 12.3. The van der Waals surface area contributed by atoms with Crippen LogP contribution in [0.3, 0.4) is 0 Å². The molecule has 1 aromatic rings. The second-order valence-corrected chi connectivity index (χ2v) is 6.74. The molecule has 0 radical (unpaired) electrons.